The Morgan fingerprint density at radius 2 is 2.00 bits per heavy atom. The van der Waals surface area contributed by atoms with Crippen LogP contribution in [0.1, 0.15) is 5.56 Å². The van der Waals surface area contributed by atoms with Crippen LogP contribution < -0.4 is 10.5 Å². The van der Waals surface area contributed by atoms with Crippen molar-refractivity contribution in [2.75, 3.05) is 5.73 Å². The zero-order valence-electron chi connectivity index (χ0n) is 12.4. The molecule has 4 rings (SSSR count). The van der Waals surface area contributed by atoms with Crippen LogP contribution in [0.15, 0.2) is 55.0 Å². The number of hydrogen-bond acceptors (Lipinski definition) is 5. The number of hydrogen-bond donors (Lipinski definition) is 1. The van der Waals surface area contributed by atoms with E-state index in [9.17, 15) is 0 Å². The average Bonchev–Trinajstić information content (AvgIpc) is 3.16. The molecule has 2 N–H and O–H groups in total. The molecule has 0 spiro atoms. The number of anilines is 1. The minimum atomic E-state index is 0.713. The maximum absolute atomic E-state index is 5.99. The van der Waals surface area contributed by atoms with Crippen LogP contribution in [0.25, 0.3) is 15.2 Å². The second-order valence-corrected chi connectivity index (χ2v) is 6.27. The van der Waals surface area contributed by atoms with Gasteiger partial charge in [0.15, 0.2) is 0 Å². The summed E-state index contributed by atoms with van der Waals surface area (Å²) in [6, 6.07) is 11.2. The van der Waals surface area contributed by atoms with Gasteiger partial charge in [0.05, 0.1) is 16.4 Å². The van der Waals surface area contributed by atoms with Gasteiger partial charge in [-0.05, 0) is 36.8 Å². The van der Waals surface area contributed by atoms with Gasteiger partial charge < -0.3 is 10.5 Å². The maximum atomic E-state index is 5.99. The summed E-state index contributed by atoms with van der Waals surface area (Å²) in [6.07, 6.45) is 5.58. The van der Waals surface area contributed by atoms with Crippen molar-refractivity contribution >= 4 is 27.2 Å². The first kappa shape index (κ1) is 13.8. The summed E-state index contributed by atoms with van der Waals surface area (Å²) >= 11 is 1.60. The molecule has 0 aliphatic carbocycles. The highest BCUT2D eigenvalue weighted by atomic mass is 32.1. The lowest BCUT2D eigenvalue weighted by Gasteiger charge is -2.06. The van der Waals surface area contributed by atoms with Crippen molar-refractivity contribution in [3.8, 4) is 16.5 Å². The Labute approximate surface area is 137 Å². The van der Waals surface area contributed by atoms with Crippen LogP contribution in [-0.2, 0) is 0 Å². The van der Waals surface area contributed by atoms with Gasteiger partial charge in [-0.15, -0.1) is 11.3 Å². The number of nitrogens with two attached hydrogens (primary N) is 1. The van der Waals surface area contributed by atoms with Gasteiger partial charge in [-0.3, -0.25) is 4.98 Å². The molecule has 0 fully saturated rings. The number of benzene rings is 1. The topological polar surface area (TPSA) is 66.0 Å². The summed E-state index contributed by atoms with van der Waals surface area (Å²) in [7, 11) is 0. The normalized spacial score (nSPS) is 11.0. The van der Waals surface area contributed by atoms with E-state index in [1.165, 1.54) is 0 Å². The van der Waals surface area contributed by atoms with Gasteiger partial charge in [-0.2, -0.15) is 5.10 Å². The van der Waals surface area contributed by atoms with Crippen LogP contribution in [0.5, 0.6) is 11.5 Å². The van der Waals surface area contributed by atoms with Crippen molar-refractivity contribution in [1.82, 2.24) is 14.8 Å². The summed E-state index contributed by atoms with van der Waals surface area (Å²) < 4.78 is 8.84. The van der Waals surface area contributed by atoms with E-state index >= 15 is 0 Å². The minimum absolute atomic E-state index is 0.713. The molecule has 3 heterocycles. The lowest BCUT2D eigenvalue weighted by molar-refractivity contribution is 0.489. The van der Waals surface area contributed by atoms with Gasteiger partial charge in [0.25, 0.3) is 0 Å². The van der Waals surface area contributed by atoms with E-state index in [1.54, 1.807) is 17.5 Å². The molecule has 4 aromatic rings. The number of rotatable bonds is 3. The van der Waals surface area contributed by atoms with Crippen molar-refractivity contribution in [3.05, 3.63) is 60.6 Å². The number of ether oxygens (including phenoxy) is 1. The van der Waals surface area contributed by atoms with Crippen LogP contribution in [0.4, 0.5) is 5.69 Å². The molecule has 0 radical (unpaired) electrons. The number of nitrogens with zero attached hydrogens (tertiary/aromatic N) is 3. The van der Waals surface area contributed by atoms with Crippen molar-refractivity contribution in [3.63, 3.8) is 0 Å². The first-order valence-corrected chi connectivity index (χ1v) is 7.94. The molecule has 3 aromatic heterocycles. The smallest absolute Gasteiger partial charge is 0.148 e. The van der Waals surface area contributed by atoms with Gasteiger partial charge in [-0.1, -0.05) is 0 Å². The first-order valence-electron chi connectivity index (χ1n) is 7.13. The quantitative estimate of drug-likeness (QED) is 0.575. The fourth-order valence-corrected chi connectivity index (χ4v) is 3.29. The van der Waals surface area contributed by atoms with E-state index in [1.807, 2.05) is 60.4 Å². The molecule has 23 heavy (non-hydrogen) atoms. The van der Waals surface area contributed by atoms with Crippen molar-refractivity contribution in [2.45, 2.75) is 6.92 Å². The molecule has 6 heteroatoms. The number of thiophene rings is 1. The summed E-state index contributed by atoms with van der Waals surface area (Å²) in [5.41, 5.74) is 8.43. The minimum Gasteiger partial charge on any atom is -0.456 e. The Bertz CT molecular complexity index is 972. The number of nitrogen functional groups attached to an aromatic ring is 1. The van der Waals surface area contributed by atoms with Gasteiger partial charge in [0.2, 0.25) is 0 Å². The van der Waals surface area contributed by atoms with E-state index in [0.717, 1.165) is 32.3 Å². The largest absolute Gasteiger partial charge is 0.456 e. The number of fused-ring (bicyclic) bond motifs is 1. The molecular formula is C17H14N4OS. The van der Waals surface area contributed by atoms with Crippen molar-refractivity contribution < 1.29 is 4.74 Å². The molecule has 0 atom stereocenters. The highest BCUT2D eigenvalue weighted by molar-refractivity contribution is 7.21. The highest BCUT2D eigenvalue weighted by Crippen LogP contribution is 2.36. The first-order chi connectivity index (χ1) is 11.2. The Balaban J connectivity index is 1.75. The van der Waals surface area contributed by atoms with E-state index < -0.39 is 0 Å². The van der Waals surface area contributed by atoms with E-state index in [4.69, 9.17) is 10.5 Å². The Morgan fingerprint density at radius 3 is 2.74 bits per heavy atom. The summed E-state index contributed by atoms with van der Waals surface area (Å²) in [5, 5.41) is 5.36. The summed E-state index contributed by atoms with van der Waals surface area (Å²) in [6.45, 7) is 2.02. The molecule has 0 bridgehead atoms. The summed E-state index contributed by atoms with van der Waals surface area (Å²) in [4.78, 5) is 4.42. The molecule has 0 aliphatic heterocycles. The zero-order valence-corrected chi connectivity index (χ0v) is 13.2. The van der Waals surface area contributed by atoms with Crippen LogP contribution in [0.2, 0.25) is 0 Å². The molecular weight excluding hydrogens is 308 g/mol. The Hall–Kier alpha value is -2.86. The second kappa shape index (κ2) is 5.40. The molecule has 1 aromatic carbocycles. The van der Waals surface area contributed by atoms with E-state index in [2.05, 4.69) is 10.1 Å². The van der Waals surface area contributed by atoms with Crippen molar-refractivity contribution in [1.29, 1.82) is 0 Å². The third-order valence-electron chi connectivity index (χ3n) is 3.41. The van der Waals surface area contributed by atoms with Gasteiger partial charge in [-0.25, -0.2) is 4.68 Å². The van der Waals surface area contributed by atoms with Gasteiger partial charge in [0.1, 0.15) is 16.5 Å². The SMILES string of the molecule is Cc1cnn(-c2cc3nccc(Oc4ccc(N)cc4)c3s2)c1. The lowest BCUT2D eigenvalue weighted by atomic mass is 10.3. The fourth-order valence-electron chi connectivity index (χ4n) is 2.29. The zero-order chi connectivity index (χ0) is 15.8. The van der Waals surface area contributed by atoms with Crippen LogP contribution in [-0.4, -0.2) is 14.8 Å². The lowest BCUT2D eigenvalue weighted by Crippen LogP contribution is -1.88. The van der Waals surface area contributed by atoms with Crippen LogP contribution >= 0.6 is 11.3 Å². The molecule has 114 valence electrons. The molecule has 5 nitrogen and oxygen atoms in total. The monoisotopic (exact) mass is 322 g/mol. The number of aryl methyl sites for hydroxylation is 1. The van der Waals surface area contributed by atoms with E-state index in [-0.39, 0.29) is 0 Å². The van der Waals surface area contributed by atoms with E-state index in [0.29, 0.717) is 5.69 Å². The molecule has 0 aliphatic rings. The average molecular weight is 322 g/mol. The number of aromatic nitrogens is 3. The Kier molecular flexibility index (Phi) is 3.24. The molecule has 0 unspecified atom stereocenters. The molecule has 0 saturated heterocycles. The maximum Gasteiger partial charge on any atom is 0.148 e. The van der Waals surface area contributed by atoms with Crippen LogP contribution in [0, 0.1) is 6.92 Å². The third kappa shape index (κ3) is 2.64. The standard InChI is InChI=1S/C17H14N4OS/c1-11-9-20-21(10-11)16-8-14-17(23-16)15(6-7-19-14)22-13-4-2-12(18)3-5-13/h2-10H,18H2,1H3. The summed E-state index contributed by atoms with van der Waals surface area (Å²) in [5.74, 6) is 1.52. The molecule has 0 saturated carbocycles. The molecule has 0 amide bonds. The Morgan fingerprint density at radius 1 is 1.17 bits per heavy atom. The third-order valence-corrected chi connectivity index (χ3v) is 4.54. The predicted octanol–water partition coefficient (Wildman–Crippen LogP) is 4.16. The number of pyridine rings is 1. The van der Waals surface area contributed by atoms with Gasteiger partial charge in [0, 0.05) is 30.2 Å². The van der Waals surface area contributed by atoms with Gasteiger partial charge >= 0.3 is 0 Å². The highest BCUT2D eigenvalue weighted by Gasteiger charge is 2.11. The van der Waals surface area contributed by atoms with Crippen molar-refractivity contribution in [2.24, 2.45) is 0 Å². The second-order valence-electron chi connectivity index (χ2n) is 5.24. The fraction of sp³-hybridized carbons (Fsp3) is 0.0588. The van der Waals surface area contributed by atoms with Crippen LogP contribution in [0.3, 0.4) is 0 Å². The predicted molar refractivity (Wildman–Crippen MR) is 92.4 cm³/mol.